The van der Waals surface area contributed by atoms with E-state index in [-0.39, 0.29) is 34.0 Å². The Hall–Kier alpha value is -2.62. The second-order valence-electron chi connectivity index (χ2n) is 8.47. The van der Waals surface area contributed by atoms with Crippen molar-refractivity contribution < 1.29 is 30.4 Å². The van der Waals surface area contributed by atoms with Crippen molar-refractivity contribution in [2.45, 2.75) is 36.5 Å². The zero-order valence-electron chi connectivity index (χ0n) is 17.1. The third-order valence-corrected chi connectivity index (χ3v) is 7.49. The number of nitrogens with one attached hydrogen (secondary N) is 1. The lowest BCUT2D eigenvalue weighted by molar-refractivity contribution is -0.0367. The average molecular weight is 472 g/mol. The molecule has 4 nitrogen and oxygen atoms in total. The first-order chi connectivity index (χ1) is 14.8. The van der Waals surface area contributed by atoms with E-state index in [2.05, 4.69) is 11.3 Å². The summed E-state index contributed by atoms with van der Waals surface area (Å²) in [4.78, 5) is 0.970. The Labute approximate surface area is 182 Å². The SMILES string of the molecule is C=C(c1c(F)cccc1NS(=O)(=O)c1ccc(C(C)(F)F)cc1)N1CC(F)(F)C2(CC2)C1. The molecule has 0 radical (unpaired) electrons. The molecule has 0 atom stereocenters. The van der Waals surface area contributed by atoms with Crippen molar-refractivity contribution in [1.29, 1.82) is 0 Å². The first-order valence-corrected chi connectivity index (χ1v) is 11.4. The van der Waals surface area contributed by atoms with Crippen LogP contribution in [0.1, 0.15) is 30.9 Å². The van der Waals surface area contributed by atoms with Crippen LogP contribution < -0.4 is 4.72 Å². The van der Waals surface area contributed by atoms with Crippen LogP contribution in [0.25, 0.3) is 5.70 Å². The zero-order chi connectivity index (χ0) is 23.5. The summed E-state index contributed by atoms with van der Waals surface area (Å²) in [6, 6.07) is 7.64. The van der Waals surface area contributed by atoms with Gasteiger partial charge in [0.1, 0.15) is 5.82 Å². The van der Waals surface area contributed by atoms with E-state index in [0.717, 1.165) is 30.3 Å². The highest BCUT2D eigenvalue weighted by Gasteiger charge is 2.67. The van der Waals surface area contributed by atoms with Gasteiger partial charge in [0.2, 0.25) is 0 Å². The van der Waals surface area contributed by atoms with Crippen molar-refractivity contribution in [2.24, 2.45) is 5.41 Å². The van der Waals surface area contributed by atoms with Gasteiger partial charge in [0.15, 0.2) is 0 Å². The van der Waals surface area contributed by atoms with Gasteiger partial charge in [-0.25, -0.2) is 30.4 Å². The number of alkyl halides is 4. The molecule has 1 aliphatic heterocycles. The van der Waals surface area contributed by atoms with E-state index in [1.54, 1.807) is 0 Å². The zero-order valence-corrected chi connectivity index (χ0v) is 18.0. The molecule has 1 heterocycles. The van der Waals surface area contributed by atoms with Gasteiger partial charge in [-0.15, -0.1) is 0 Å². The standard InChI is InChI=1S/C22H21F5N2O2S/c1-14(29-12-21(10-11-21)22(26,27)13-29)19-17(23)4-3-5-18(19)28-32(30,31)16-8-6-15(7-9-16)20(2,24)25/h3-9,28H,1,10-13H2,2H3. The minimum absolute atomic E-state index is 0.00600. The van der Waals surface area contributed by atoms with Gasteiger partial charge >= 0.3 is 0 Å². The average Bonchev–Trinajstić information content (AvgIpc) is 3.42. The number of nitrogens with zero attached hydrogens (tertiary/aromatic N) is 1. The Balaban J connectivity index is 1.63. The minimum Gasteiger partial charge on any atom is -0.365 e. The molecule has 1 N–H and O–H groups in total. The van der Waals surface area contributed by atoms with Crippen LogP contribution in [-0.2, 0) is 15.9 Å². The normalized spacial score (nSPS) is 19.2. The highest BCUT2D eigenvalue weighted by molar-refractivity contribution is 7.92. The van der Waals surface area contributed by atoms with Crippen LogP contribution in [0.5, 0.6) is 0 Å². The van der Waals surface area contributed by atoms with Crippen molar-refractivity contribution in [3.8, 4) is 0 Å². The monoisotopic (exact) mass is 472 g/mol. The number of hydrogen-bond donors (Lipinski definition) is 1. The Kier molecular flexibility index (Phi) is 5.07. The van der Waals surface area contributed by atoms with Gasteiger partial charge in [0, 0.05) is 24.7 Å². The van der Waals surface area contributed by atoms with E-state index >= 15 is 0 Å². The number of rotatable bonds is 6. The molecular weight excluding hydrogens is 451 g/mol. The molecule has 2 aromatic carbocycles. The largest absolute Gasteiger partial charge is 0.365 e. The Morgan fingerprint density at radius 3 is 2.25 bits per heavy atom. The number of benzene rings is 2. The van der Waals surface area contributed by atoms with E-state index < -0.39 is 39.6 Å². The lowest BCUT2D eigenvalue weighted by atomic mass is 10.0. The third-order valence-electron chi connectivity index (χ3n) is 6.11. The lowest BCUT2D eigenvalue weighted by Gasteiger charge is -2.23. The molecule has 0 unspecified atom stereocenters. The van der Waals surface area contributed by atoms with Crippen LogP contribution in [-0.4, -0.2) is 32.3 Å². The van der Waals surface area contributed by atoms with Crippen molar-refractivity contribution >= 4 is 21.4 Å². The van der Waals surface area contributed by atoms with Crippen molar-refractivity contribution in [2.75, 3.05) is 17.8 Å². The van der Waals surface area contributed by atoms with Crippen molar-refractivity contribution in [3.63, 3.8) is 0 Å². The second kappa shape index (κ2) is 7.19. The molecule has 4 rings (SSSR count). The highest BCUT2D eigenvalue weighted by atomic mass is 32.2. The first kappa shape index (κ1) is 22.6. The van der Waals surface area contributed by atoms with Gasteiger partial charge in [-0.05, 0) is 37.1 Å². The van der Waals surface area contributed by atoms with Gasteiger partial charge in [-0.3, -0.25) is 4.72 Å². The molecule has 1 saturated heterocycles. The van der Waals surface area contributed by atoms with Gasteiger partial charge in [-0.2, -0.15) is 0 Å². The second-order valence-corrected chi connectivity index (χ2v) is 10.2. The van der Waals surface area contributed by atoms with Crippen LogP contribution in [0.15, 0.2) is 53.9 Å². The van der Waals surface area contributed by atoms with E-state index in [0.29, 0.717) is 19.8 Å². The van der Waals surface area contributed by atoms with Crippen molar-refractivity contribution in [3.05, 3.63) is 66.0 Å². The first-order valence-electron chi connectivity index (χ1n) is 9.88. The maximum Gasteiger partial charge on any atom is 0.272 e. The number of likely N-dealkylation sites (tertiary alicyclic amines) is 1. The molecule has 172 valence electrons. The molecule has 2 aliphatic rings. The van der Waals surface area contributed by atoms with Crippen LogP contribution in [0, 0.1) is 11.2 Å². The fourth-order valence-corrected chi connectivity index (χ4v) is 5.07. The summed E-state index contributed by atoms with van der Waals surface area (Å²) in [7, 11) is -4.27. The van der Waals surface area contributed by atoms with Crippen molar-refractivity contribution in [1.82, 2.24) is 4.90 Å². The highest BCUT2D eigenvalue weighted by Crippen LogP contribution is 2.61. The molecule has 0 amide bonds. The molecule has 32 heavy (non-hydrogen) atoms. The van der Waals surface area contributed by atoms with Crippen LogP contribution in [0.3, 0.4) is 0 Å². The summed E-state index contributed by atoms with van der Waals surface area (Å²) < 4.78 is 98.1. The molecule has 1 aliphatic carbocycles. The minimum atomic E-state index is -4.27. The van der Waals surface area contributed by atoms with Gasteiger partial charge in [-0.1, -0.05) is 24.8 Å². The summed E-state index contributed by atoms with van der Waals surface area (Å²) >= 11 is 0. The Bertz CT molecular complexity index is 1160. The maximum atomic E-state index is 14.7. The summed E-state index contributed by atoms with van der Waals surface area (Å²) in [5.41, 5.74) is -1.96. The fraction of sp³-hybridized carbons (Fsp3) is 0.364. The molecule has 10 heteroatoms. The quantitative estimate of drug-likeness (QED) is 0.570. The molecule has 2 fully saturated rings. The summed E-state index contributed by atoms with van der Waals surface area (Å²) in [6.45, 7) is 3.83. The van der Waals surface area contributed by atoms with E-state index in [4.69, 9.17) is 0 Å². The Morgan fingerprint density at radius 2 is 1.72 bits per heavy atom. The van der Waals surface area contributed by atoms with E-state index in [1.807, 2.05) is 0 Å². The van der Waals surface area contributed by atoms with E-state index in [9.17, 15) is 30.4 Å². The Morgan fingerprint density at radius 1 is 1.09 bits per heavy atom. The van der Waals surface area contributed by atoms with Gasteiger partial charge in [0.05, 0.1) is 28.1 Å². The number of sulfonamides is 1. The van der Waals surface area contributed by atoms with E-state index in [1.165, 1.54) is 17.0 Å². The summed E-state index contributed by atoms with van der Waals surface area (Å²) in [5.74, 6) is -6.90. The van der Waals surface area contributed by atoms with Crippen LogP contribution in [0.2, 0.25) is 0 Å². The molecule has 1 saturated carbocycles. The van der Waals surface area contributed by atoms with Crippen LogP contribution >= 0.6 is 0 Å². The molecule has 0 bridgehead atoms. The summed E-state index contributed by atoms with van der Waals surface area (Å²) in [5, 5.41) is 0. The number of hydrogen-bond acceptors (Lipinski definition) is 3. The fourth-order valence-electron chi connectivity index (χ4n) is 4.00. The predicted molar refractivity (Wildman–Crippen MR) is 110 cm³/mol. The molecule has 0 aromatic heterocycles. The van der Waals surface area contributed by atoms with Gasteiger partial charge in [0.25, 0.3) is 21.9 Å². The van der Waals surface area contributed by atoms with Crippen LogP contribution in [0.4, 0.5) is 27.6 Å². The smallest absolute Gasteiger partial charge is 0.272 e. The third kappa shape index (κ3) is 3.85. The van der Waals surface area contributed by atoms with Gasteiger partial charge < -0.3 is 4.90 Å². The number of halogens is 5. The summed E-state index contributed by atoms with van der Waals surface area (Å²) in [6.07, 6.45) is 0.737. The molecular formula is C22H21F5N2O2S. The lowest BCUT2D eigenvalue weighted by Crippen LogP contribution is -2.28. The maximum absolute atomic E-state index is 14.7. The molecule has 2 aromatic rings. The topological polar surface area (TPSA) is 49.4 Å². The predicted octanol–water partition coefficient (Wildman–Crippen LogP) is 5.44. The molecule has 1 spiro atoms. The number of anilines is 1.